The summed E-state index contributed by atoms with van der Waals surface area (Å²) in [5, 5.41) is 0. The maximum absolute atomic E-state index is 12.1. The molecule has 1 heterocycles. The predicted molar refractivity (Wildman–Crippen MR) is 81.4 cm³/mol. The van der Waals surface area contributed by atoms with Gasteiger partial charge in [0.15, 0.2) is 0 Å². The number of hydrogen-bond acceptors (Lipinski definition) is 5. The van der Waals surface area contributed by atoms with Crippen LogP contribution in [0.2, 0.25) is 0 Å². The van der Waals surface area contributed by atoms with Crippen molar-refractivity contribution < 1.29 is 8.42 Å². The van der Waals surface area contributed by atoms with E-state index < -0.39 is 10.0 Å². The number of sulfonamides is 1. The van der Waals surface area contributed by atoms with Crippen LogP contribution < -0.4 is 15.4 Å². The molecule has 1 aliphatic rings. The number of anilines is 2. The molecule has 1 aromatic rings. The standard InChI is InChI=1S/C13H22N4O2S/c1-3-15-20(18,19)11-4-5-12(14)13(10-11)17-8-6-16(2)7-9-17/h4-5,10,15H,3,6-9,14H2,1-2H3. The molecule has 0 saturated carbocycles. The normalized spacial score (nSPS) is 17.4. The van der Waals surface area contributed by atoms with Gasteiger partial charge in [-0.2, -0.15) is 0 Å². The minimum Gasteiger partial charge on any atom is -0.397 e. The van der Waals surface area contributed by atoms with Gasteiger partial charge >= 0.3 is 0 Å². The second-order valence-electron chi connectivity index (χ2n) is 5.01. The Bertz CT molecular complexity index is 566. The van der Waals surface area contributed by atoms with E-state index in [-0.39, 0.29) is 4.90 Å². The molecular formula is C13H22N4O2S. The Morgan fingerprint density at radius 2 is 1.90 bits per heavy atom. The predicted octanol–water partition coefficient (Wildman–Crippen LogP) is 0.319. The fourth-order valence-electron chi connectivity index (χ4n) is 2.29. The van der Waals surface area contributed by atoms with Crippen LogP contribution in [0, 0.1) is 0 Å². The Morgan fingerprint density at radius 1 is 1.25 bits per heavy atom. The Kier molecular flexibility index (Phi) is 4.52. The molecule has 0 bridgehead atoms. The largest absolute Gasteiger partial charge is 0.397 e. The van der Waals surface area contributed by atoms with Crippen LogP contribution in [0.3, 0.4) is 0 Å². The van der Waals surface area contributed by atoms with Gasteiger partial charge in [-0.05, 0) is 25.2 Å². The van der Waals surface area contributed by atoms with Gasteiger partial charge < -0.3 is 15.5 Å². The average molecular weight is 298 g/mol. The van der Waals surface area contributed by atoms with Crippen molar-refractivity contribution >= 4 is 21.4 Å². The van der Waals surface area contributed by atoms with Gasteiger partial charge in [-0.1, -0.05) is 6.92 Å². The van der Waals surface area contributed by atoms with Crippen LogP contribution in [0.5, 0.6) is 0 Å². The topological polar surface area (TPSA) is 78.7 Å². The van der Waals surface area contributed by atoms with E-state index in [2.05, 4.69) is 21.6 Å². The number of nitrogen functional groups attached to an aromatic ring is 1. The monoisotopic (exact) mass is 298 g/mol. The van der Waals surface area contributed by atoms with Crippen LogP contribution in [0.25, 0.3) is 0 Å². The van der Waals surface area contributed by atoms with Gasteiger partial charge in [-0.3, -0.25) is 0 Å². The summed E-state index contributed by atoms with van der Waals surface area (Å²) in [7, 11) is -1.37. The zero-order chi connectivity index (χ0) is 14.8. The highest BCUT2D eigenvalue weighted by Crippen LogP contribution is 2.27. The second-order valence-corrected chi connectivity index (χ2v) is 6.78. The lowest BCUT2D eigenvalue weighted by atomic mass is 10.2. The van der Waals surface area contributed by atoms with Gasteiger partial charge in [0.1, 0.15) is 0 Å². The van der Waals surface area contributed by atoms with Gasteiger partial charge in [0.2, 0.25) is 10.0 Å². The summed E-state index contributed by atoms with van der Waals surface area (Å²) in [5.74, 6) is 0. The van der Waals surface area contributed by atoms with Crippen molar-refractivity contribution in [3.63, 3.8) is 0 Å². The van der Waals surface area contributed by atoms with Crippen LogP contribution in [-0.4, -0.2) is 53.1 Å². The van der Waals surface area contributed by atoms with Crippen LogP contribution in [0.15, 0.2) is 23.1 Å². The first-order chi connectivity index (χ1) is 9.44. The van der Waals surface area contributed by atoms with Gasteiger partial charge in [0.05, 0.1) is 16.3 Å². The van der Waals surface area contributed by atoms with Crippen molar-refractivity contribution in [1.82, 2.24) is 9.62 Å². The Labute approximate surface area is 120 Å². The summed E-state index contributed by atoms with van der Waals surface area (Å²) in [4.78, 5) is 4.65. The molecule has 0 atom stereocenters. The van der Waals surface area contributed by atoms with Crippen molar-refractivity contribution in [2.75, 3.05) is 50.4 Å². The molecule has 20 heavy (non-hydrogen) atoms. The molecule has 112 valence electrons. The fourth-order valence-corrected chi connectivity index (χ4v) is 3.35. The Balaban J connectivity index is 2.30. The number of piperazine rings is 1. The number of likely N-dealkylation sites (N-methyl/N-ethyl adjacent to an activating group) is 1. The SMILES string of the molecule is CCNS(=O)(=O)c1ccc(N)c(N2CCN(C)CC2)c1. The third kappa shape index (κ3) is 3.23. The van der Waals surface area contributed by atoms with Gasteiger partial charge in [0.25, 0.3) is 0 Å². The van der Waals surface area contributed by atoms with E-state index in [0.717, 1.165) is 31.9 Å². The molecule has 7 heteroatoms. The summed E-state index contributed by atoms with van der Waals surface area (Å²) in [6, 6.07) is 4.88. The van der Waals surface area contributed by atoms with Gasteiger partial charge in [-0.15, -0.1) is 0 Å². The molecule has 0 radical (unpaired) electrons. The van der Waals surface area contributed by atoms with Crippen molar-refractivity contribution in [2.45, 2.75) is 11.8 Å². The number of hydrogen-bond donors (Lipinski definition) is 2. The number of rotatable bonds is 4. The van der Waals surface area contributed by atoms with E-state index in [0.29, 0.717) is 12.2 Å². The highest BCUT2D eigenvalue weighted by Gasteiger charge is 2.19. The molecule has 1 aromatic carbocycles. The highest BCUT2D eigenvalue weighted by molar-refractivity contribution is 7.89. The lowest BCUT2D eigenvalue weighted by Gasteiger charge is -2.34. The molecule has 0 aliphatic carbocycles. The molecule has 1 fully saturated rings. The van der Waals surface area contributed by atoms with E-state index in [1.807, 2.05) is 0 Å². The first-order valence-electron chi connectivity index (χ1n) is 6.76. The fraction of sp³-hybridized carbons (Fsp3) is 0.538. The minimum absolute atomic E-state index is 0.266. The first-order valence-corrected chi connectivity index (χ1v) is 8.25. The summed E-state index contributed by atoms with van der Waals surface area (Å²) in [5.41, 5.74) is 7.42. The first kappa shape index (κ1) is 15.1. The van der Waals surface area contributed by atoms with E-state index in [1.54, 1.807) is 25.1 Å². The number of nitrogens with two attached hydrogens (primary N) is 1. The van der Waals surface area contributed by atoms with E-state index >= 15 is 0 Å². The lowest BCUT2D eigenvalue weighted by Crippen LogP contribution is -2.44. The summed E-state index contributed by atoms with van der Waals surface area (Å²) in [6.45, 7) is 5.73. The maximum Gasteiger partial charge on any atom is 0.240 e. The maximum atomic E-state index is 12.1. The van der Waals surface area contributed by atoms with Gasteiger partial charge in [-0.25, -0.2) is 13.1 Å². The van der Waals surface area contributed by atoms with Crippen molar-refractivity contribution in [1.29, 1.82) is 0 Å². The van der Waals surface area contributed by atoms with Gasteiger partial charge in [0, 0.05) is 32.7 Å². The smallest absolute Gasteiger partial charge is 0.240 e. The number of nitrogens with zero attached hydrogens (tertiary/aromatic N) is 2. The average Bonchev–Trinajstić information content (AvgIpc) is 2.40. The Hall–Kier alpha value is -1.31. The Morgan fingerprint density at radius 3 is 2.50 bits per heavy atom. The zero-order valence-corrected chi connectivity index (χ0v) is 12.8. The van der Waals surface area contributed by atoms with E-state index in [9.17, 15) is 8.42 Å². The van der Waals surface area contributed by atoms with Crippen molar-refractivity contribution in [2.24, 2.45) is 0 Å². The molecule has 0 amide bonds. The number of benzene rings is 1. The summed E-state index contributed by atoms with van der Waals surface area (Å²) < 4.78 is 26.6. The van der Waals surface area contributed by atoms with Crippen molar-refractivity contribution in [3.05, 3.63) is 18.2 Å². The second kappa shape index (κ2) is 5.99. The van der Waals surface area contributed by atoms with E-state index in [4.69, 9.17) is 5.73 Å². The third-order valence-electron chi connectivity index (χ3n) is 3.49. The van der Waals surface area contributed by atoms with Crippen molar-refractivity contribution in [3.8, 4) is 0 Å². The van der Waals surface area contributed by atoms with E-state index in [1.165, 1.54) is 0 Å². The zero-order valence-electron chi connectivity index (χ0n) is 12.0. The van der Waals surface area contributed by atoms with Crippen LogP contribution in [0.1, 0.15) is 6.92 Å². The highest BCUT2D eigenvalue weighted by atomic mass is 32.2. The molecule has 1 aliphatic heterocycles. The van der Waals surface area contributed by atoms with Crippen LogP contribution >= 0.6 is 0 Å². The quantitative estimate of drug-likeness (QED) is 0.783. The molecule has 0 aromatic heterocycles. The van der Waals surface area contributed by atoms with Crippen LogP contribution in [0.4, 0.5) is 11.4 Å². The molecule has 0 unspecified atom stereocenters. The number of nitrogens with one attached hydrogen (secondary N) is 1. The van der Waals surface area contributed by atoms with Crippen LogP contribution in [-0.2, 0) is 10.0 Å². The molecule has 6 nitrogen and oxygen atoms in total. The minimum atomic E-state index is -3.44. The molecule has 0 spiro atoms. The summed E-state index contributed by atoms with van der Waals surface area (Å²) in [6.07, 6.45) is 0. The third-order valence-corrected chi connectivity index (χ3v) is 5.03. The molecule has 1 saturated heterocycles. The molecule has 3 N–H and O–H groups in total. The summed E-state index contributed by atoms with van der Waals surface area (Å²) >= 11 is 0. The molecular weight excluding hydrogens is 276 g/mol. The lowest BCUT2D eigenvalue weighted by molar-refractivity contribution is 0.313. The molecule has 2 rings (SSSR count).